The average molecular weight is 517 g/mol. The topological polar surface area (TPSA) is 149 Å². The first-order valence-corrected chi connectivity index (χ1v) is 11.1. The van der Waals surface area contributed by atoms with Gasteiger partial charge in [0.15, 0.2) is 0 Å². The Morgan fingerprint density at radius 2 is 1.11 bits per heavy atom. The second kappa shape index (κ2) is 15.4. The van der Waals surface area contributed by atoms with Gasteiger partial charge < -0.3 is 10.2 Å². The van der Waals surface area contributed by atoms with Gasteiger partial charge in [-0.25, -0.2) is 0 Å². The van der Waals surface area contributed by atoms with Crippen LogP contribution in [-0.4, -0.2) is 68.2 Å². The third kappa shape index (κ3) is 7.61. The highest BCUT2D eigenvalue weighted by molar-refractivity contribution is 6.05. The molecule has 3 rings (SSSR count). The van der Waals surface area contributed by atoms with Crippen LogP contribution >= 0.6 is 0 Å². The number of carbonyl (C=O) groups excluding carboxylic acids is 4. The molecule has 1 saturated carbocycles. The smallest absolute Gasteiger partial charge is 0.308 e. The van der Waals surface area contributed by atoms with Crippen LogP contribution in [0.4, 0.5) is 0 Å². The molecule has 0 spiro atoms. The van der Waals surface area contributed by atoms with Crippen LogP contribution in [0.15, 0.2) is 0 Å². The summed E-state index contributed by atoms with van der Waals surface area (Å²) in [7, 11) is 0. The van der Waals surface area contributed by atoms with Crippen LogP contribution in [0.5, 0.6) is 0 Å². The number of rotatable bonds is 5. The van der Waals surface area contributed by atoms with Crippen LogP contribution < -0.4 is 0 Å². The zero-order valence-electron chi connectivity index (χ0n) is 18.9. The molecule has 10 heteroatoms. The number of aliphatic carboxylic acids is 2. The number of likely N-dealkylation sites (tertiary alicyclic amines) is 2. The van der Waals surface area contributed by atoms with Gasteiger partial charge in [0.1, 0.15) is 0 Å². The van der Waals surface area contributed by atoms with Crippen LogP contribution in [-0.2, 0) is 28.8 Å². The summed E-state index contributed by atoms with van der Waals surface area (Å²) in [5.74, 6) is -4.71. The lowest BCUT2D eigenvalue weighted by Crippen LogP contribution is -2.48. The number of imide groups is 2. The van der Waals surface area contributed by atoms with Gasteiger partial charge in [0, 0.05) is 30.2 Å². The van der Waals surface area contributed by atoms with Gasteiger partial charge in [-0.1, -0.05) is 70.2 Å². The molecule has 6 unspecified atom stereocenters. The lowest BCUT2D eigenvalue weighted by atomic mass is 9.83. The van der Waals surface area contributed by atoms with Crippen LogP contribution in [0, 0.1) is 29.6 Å². The van der Waals surface area contributed by atoms with E-state index in [-0.39, 0.29) is 90.0 Å². The minimum Gasteiger partial charge on any atom is -0.481 e. The highest BCUT2D eigenvalue weighted by Crippen LogP contribution is 2.35. The summed E-state index contributed by atoms with van der Waals surface area (Å²) in [5, 5.41) is 17.7. The van der Waals surface area contributed by atoms with Crippen molar-refractivity contribution < 1.29 is 39.0 Å². The van der Waals surface area contributed by atoms with E-state index in [0.29, 0.717) is 12.8 Å². The number of hydrogen-bond acceptors (Lipinski definition) is 6. The van der Waals surface area contributed by atoms with E-state index in [2.05, 4.69) is 0 Å². The van der Waals surface area contributed by atoms with Crippen LogP contribution in [0.1, 0.15) is 89.5 Å². The molecule has 6 atom stereocenters. The molecule has 0 bridgehead atoms. The third-order valence-corrected chi connectivity index (χ3v) is 6.99. The van der Waals surface area contributed by atoms with Crippen molar-refractivity contribution in [3.8, 4) is 0 Å². The summed E-state index contributed by atoms with van der Waals surface area (Å²) in [6, 6.07) is -0.441. The van der Waals surface area contributed by atoms with E-state index >= 15 is 0 Å². The van der Waals surface area contributed by atoms with Gasteiger partial charge in [0.25, 0.3) is 0 Å². The molecule has 2 N–H and O–H groups in total. The summed E-state index contributed by atoms with van der Waals surface area (Å²) in [4.78, 5) is 70.9. The van der Waals surface area contributed by atoms with Crippen molar-refractivity contribution in [2.75, 3.05) is 6.54 Å². The molecular formula is C26H48N2O8. The van der Waals surface area contributed by atoms with Crippen molar-refractivity contribution in [1.29, 1.82) is 0 Å². The number of carboxylic acids is 2. The van der Waals surface area contributed by atoms with Crippen LogP contribution in [0.2, 0.25) is 0 Å². The molecule has 4 amide bonds. The van der Waals surface area contributed by atoms with Crippen molar-refractivity contribution in [1.82, 2.24) is 9.80 Å². The third-order valence-electron chi connectivity index (χ3n) is 6.99. The molecule has 2 aliphatic heterocycles. The van der Waals surface area contributed by atoms with Gasteiger partial charge in [-0.2, -0.15) is 0 Å². The van der Waals surface area contributed by atoms with Gasteiger partial charge >= 0.3 is 11.9 Å². The molecule has 0 aromatic heterocycles. The Hall–Kier alpha value is -2.78. The maximum atomic E-state index is 12.1. The van der Waals surface area contributed by atoms with E-state index in [1.165, 1.54) is 4.90 Å². The van der Waals surface area contributed by atoms with Gasteiger partial charge in [0.05, 0.1) is 18.4 Å². The van der Waals surface area contributed by atoms with Gasteiger partial charge in [-0.15, -0.1) is 0 Å². The fraction of sp³-hybridized carbons (Fsp3) is 0.769. The molecule has 3 aliphatic rings. The maximum Gasteiger partial charge on any atom is 0.308 e. The molecule has 10 nitrogen and oxygen atoms in total. The first-order valence-electron chi connectivity index (χ1n) is 11.1. The molecule has 210 valence electrons. The second-order valence-corrected chi connectivity index (χ2v) is 8.97. The maximum absolute atomic E-state index is 12.1. The molecule has 0 aromatic rings. The van der Waals surface area contributed by atoms with E-state index in [4.69, 9.17) is 5.11 Å². The van der Waals surface area contributed by atoms with E-state index in [1.807, 2.05) is 0 Å². The number of nitrogens with zero attached hydrogens (tertiary/aromatic N) is 2. The Labute approximate surface area is 216 Å². The van der Waals surface area contributed by atoms with Crippen LogP contribution in [0.3, 0.4) is 0 Å². The zero-order chi connectivity index (χ0) is 24.3. The standard InChI is InChI=1S/C13H19NO4.C9H13NO4.4CH4/c1-7-8(2)12(16)14(11(7)15)10-6-4-3-5-9(10)13(17)18;1-5-6(2)9(14)10(8(5)13)4-3-7(11)12;;;;/h7-10H,3-6H2,1-2H3,(H,17,18);5-6H,3-4H2,1-2H3,(H,11,12);4*1H4. The van der Waals surface area contributed by atoms with E-state index in [9.17, 15) is 33.9 Å². The Kier molecular flexibility index (Phi) is 16.1. The van der Waals surface area contributed by atoms with Crippen molar-refractivity contribution in [3.05, 3.63) is 0 Å². The molecule has 0 radical (unpaired) electrons. The van der Waals surface area contributed by atoms with Crippen molar-refractivity contribution in [2.45, 2.75) is 95.5 Å². The molecule has 1 aliphatic carbocycles. The SMILES string of the molecule is C.C.C.C.CC1C(=O)N(C2CCCCC2C(=O)O)C(=O)C1C.CC1C(=O)N(CCC(=O)O)C(=O)C1C. The number of hydrogen-bond donors (Lipinski definition) is 2. The van der Waals surface area contributed by atoms with Crippen molar-refractivity contribution in [2.24, 2.45) is 29.6 Å². The largest absolute Gasteiger partial charge is 0.481 e. The molecule has 2 heterocycles. The normalized spacial score (nSPS) is 29.1. The summed E-state index contributed by atoms with van der Waals surface area (Å²) >= 11 is 0. The number of carbonyl (C=O) groups is 6. The van der Waals surface area contributed by atoms with Gasteiger partial charge in [0.2, 0.25) is 23.6 Å². The molecule has 2 saturated heterocycles. The fourth-order valence-electron chi connectivity index (χ4n) is 4.47. The van der Waals surface area contributed by atoms with Crippen molar-refractivity contribution >= 4 is 35.6 Å². The zero-order valence-corrected chi connectivity index (χ0v) is 18.9. The summed E-state index contributed by atoms with van der Waals surface area (Å²) in [5.41, 5.74) is 0. The van der Waals surface area contributed by atoms with Gasteiger partial charge in [-0.05, 0) is 12.8 Å². The van der Waals surface area contributed by atoms with Crippen molar-refractivity contribution in [3.63, 3.8) is 0 Å². The number of carboxylic acid groups (broad SMARTS) is 2. The fourth-order valence-corrected chi connectivity index (χ4v) is 4.47. The first kappa shape index (κ1) is 37.8. The monoisotopic (exact) mass is 516 g/mol. The Morgan fingerprint density at radius 1 is 0.722 bits per heavy atom. The predicted molar refractivity (Wildman–Crippen MR) is 138 cm³/mol. The Morgan fingerprint density at radius 3 is 1.50 bits per heavy atom. The van der Waals surface area contributed by atoms with E-state index < -0.39 is 23.9 Å². The van der Waals surface area contributed by atoms with E-state index in [1.54, 1.807) is 27.7 Å². The highest BCUT2D eigenvalue weighted by Gasteiger charge is 2.49. The summed E-state index contributed by atoms with van der Waals surface area (Å²) < 4.78 is 0. The molecular weight excluding hydrogens is 468 g/mol. The number of amides is 4. The van der Waals surface area contributed by atoms with E-state index in [0.717, 1.165) is 17.7 Å². The highest BCUT2D eigenvalue weighted by atomic mass is 16.4. The van der Waals surface area contributed by atoms with Crippen LogP contribution in [0.25, 0.3) is 0 Å². The summed E-state index contributed by atoms with van der Waals surface area (Å²) in [6.45, 7) is 6.84. The Bertz CT molecular complexity index is 772. The molecule has 0 aromatic carbocycles. The quantitative estimate of drug-likeness (QED) is 0.522. The second-order valence-electron chi connectivity index (χ2n) is 8.97. The average Bonchev–Trinajstić information content (AvgIpc) is 3.06. The Balaban J connectivity index is -0.000000558. The molecule has 3 fully saturated rings. The minimum absolute atomic E-state index is 0. The van der Waals surface area contributed by atoms with Gasteiger partial charge in [-0.3, -0.25) is 38.6 Å². The molecule has 36 heavy (non-hydrogen) atoms. The lowest BCUT2D eigenvalue weighted by Gasteiger charge is -2.34. The predicted octanol–water partition coefficient (Wildman–Crippen LogP) is 3.92. The minimum atomic E-state index is -1.00. The lowest BCUT2D eigenvalue weighted by molar-refractivity contribution is -0.152. The first-order chi connectivity index (χ1) is 14.9. The summed E-state index contributed by atoms with van der Waals surface area (Å²) in [6.07, 6.45) is 2.73.